The lowest BCUT2D eigenvalue weighted by atomic mass is 10.1. The third-order valence-corrected chi connectivity index (χ3v) is 6.87. The molecule has 31 heavy (non-hydrogen) atoms. The fourth-order valence-electron chi connectivity index (χ4n) is 3.47. The topological polar surface area (TPSA) is 108 Å². The van der Waals surface area contributed by atoms with Gasteiger partial charge in [0.25, 0.3) is 5.91 Å². The van der Waals surface area contributed by atoms with Crippen LogP contribution in [0.3, 0.4) is 0 Å². The molecule has 11 heteroatoms. The van der Waals surface area contributed by atoms with Gasteiger partial charge in [0.05, 0.1) is 16.3 Å². The van der Waals surface area contributed by atoms with E-state index in [1.165, 1.54) is 42.3 Å². The fourth-order valence-corrected chi connectivity index (χ4v) is 4.75. The monoisotopic (exact) mass is 484 g/mol. The number of rotatable bonds is 6. The van der Waals surface area contributed by atoms with E-state index in [0.717, 1.165) is 0 Å². The molecule has 166 valence electrons. The Kier molecular flexibility index (Phi) is 7.10. The molecule has 0 spiro atoms. The molecule has 0 radical (unpaired) electrons. The largest absolute Gasteiger partial charge is 0.386 e. The highest BCUT2D eigenvalue weighted by Crippen LogP contribution is 2.28. The van der Waals surface area contributed by atoms with E-state index in [1.54, 1.807) is 13.1 Å². The molecule has 2 aromatic rings. The van der Waals surface area contributed by atoms with Crippen molar-refractivity contribution in [3.05, 3.63) is 52.0 Å². The summed E-state index contributed by atoms with van der Waals surface area (Å²) in [5, 5.41) is 6.34. The molecule has 1 aliphatic rings. The third kappa shape index (κ3) is 5.12. The van der Waals surface area contributed by atoms with E-state index in [0.29, 0.717) is 46.4 Å². The van der Waals surface area contributed by atoms with Crippen molar-refractivity contribution < 1.29 is 18.0 Å². The van der Waals surface area contributed by atoms with E-state index in [-0.39, 0.29) is 10.8 Å². The summed E-state index contributed by atoms with van der Waals surface area (Å²) in [6.45, 7) is 0.411. The fraction of sp³-hybridized carbons (Fsp3) is 0.300. The van der Waals surface area contributed by atoms with Crippen LogP contribution in [0.2, 0.25) is 10.0 Å². The highest BCUT2D eigenvalue weighted by atomic mass is 35.5. The minimum absolute atomic E-state index is 0.0113. The number of hydrogen-bond donors (Lipinski definition) is 3. The van der Waals surface area contributed by atoms with Gasteiger partial charge in [0, 0.05) is 29.2 Å². The van der Waals surface area contributed by atoms with Gasteiger partial charge < -0.3 is 15.5 Å². The van der Waals surface area contributed by atoms with Crippen molar-refractivity contribution in [2.75, 3.05) is 31.3 Å². The molecule has 8 nitrogen and oxygen atoms in total. The lowest BCUT2D eigenvalue weighted by Gasteiger charge is -2.25. The number of benzene rings is 2. The Morgan fingerprint density at radius 3 is 2.32 bits per heavy atom. The molecule has 1 heterocycles. The number of likely N-dealkylation sites (tertiary alicyclic amines) is 1. The van der Waals surface area contributed by atoms with E-state index in [9.17, 15) is 18.0 Å². The quantitative estimate of drug-likeness (QED) is 0.583. The summed E-state index contributed by atoms with van der Waals surface area (Å²) in [4.78, 5) is 27.5. The first-order valence-electron chi connectivity index (χ1n) is 9.49. The first-order valence-corrected chi connectivity index (χ1v) is 11.7. The molecule has 0 unspecified atom stereocenters. The molecule has 0 aliphatic carbocycles. The highest BCUT2D eigenvalue weighted by Gasteiger charge is 2.35. The number of amides is 2. The molecule has 1 fully saturated rings. The Morgan fingerprint density at radius 2 is 1.71 bits per heavy atom. The molecule has 1 aliphatic heterocycles. The number of anilines is 2. The molecule has 0 bridgehead atoms. The first-order chi connectivity index (χ1) is 14.7. The predicted molar refractivity (Wildman–Crippen MR) is 121 cm³/mol. The second-order valence-electron chi connectivity index (χ2n) is 6.97. The average molecular weight is 485 g/mol. The summed E-state index contributed by atoms with van der Waals surface area (Å²) in [5.41, 5.74) is 1.14. The zero-order valence-electron chi connectivity index (χ0n) is 16.9. The predicted octanol–water partition coefficient (Wildman–Crippen LogP) is 3.19. The standard InChI is InChI=1S/C20H22Cl2N4O4S/c1-23-16-6-5-15(31(29,30)24-2)11-17(16)25-19(27)18-4-3-7-26(18)20(28)12-8-13(21)10-14(22)9-12/h5-6,8-11,18,23-24H,3-4,7H2,1-2H3,(H,25,27)/t18-/m1/s1. The molecular formula is C20H22Cl2N4O4S. The molecule has 3 N–H and O–H groups in total. The molecule has 2 aromatic carbocycles. The summed E-state index contributed by atoms with van der Waals surface area (Å²) >= 11 is 12.0. The molecule has 1 atom stereocenters. The average Bonchev–Trinajstić information content (AvgIpc) is 3.22. The summed E-state index contributed by atoms with van der Waals surface area (Å²) in [6, 6.07) is 8.20. The van der Waals surface area contributed by atoms with E-state index in [2.05, 4.69) is 15.4 Å². The maximum absolute atomic E-state index is 13.0. The number of hydrogen-bond acceptors (Lipinski definition) is 5. The van der Waals surface area contributed by atoms with Crippen LogP contribution in [-0.2, 0) is 14.8 Å². The molecule has 2 amide bonds. The summed E-state index contributed by atoms with van der Waals surface area (Å²) < 4.78 is 26.5. The van der Waals surface area contributed by atoms with Crippen molar-refractivity contribution >= 4 is 56.4 Å². The Bertz CT molecular complexity index is 1100. The number of carbonyl (C=O) groups excluding carboxylic acids is 2. The summed E-state index contributed by atoms with van der Waals surface area (Å²) in [7, 11) is -0.720. The smallest absolute Gasteiger partial charge is 0.254 e. The summed E-state index contributed by atoms with van der Waals surface area (Å²) in [5.74, 6) is -0.753. The van der Waals surface area contributed by atoms with Crippen molar-refractivity contribution in [3.8, 4) is 0 Å². The van der Waals surface area contributed by atoms with Gasteiger partial charge in [-0.15, -0.1) is 0 Å². The van der Waals surface area contributed by atoms with Crippen LogP contribution >= 0.6 is 23.2 Å². The van der Waals surface area contributed by atoms with Crippen molar-refractivity contribution in [1.82, 2.24) is 9.62 Å². The molecule has 0 saturated carbocycles. The Hall–Kier alpha value is -2.33. The minimum atomic E-state index is -3.69. The van der Waals surface area contributed by atoms with Crippen LogP contribution in [0.5, 0.6) is 0 Å². The Labute approximate surface area is 191 Å². The van der Waals surface area contributed by atoms with Crippen molar-refractivity contribution in [3.63, 3.8) is 0 Å². The second-order valence-corrected chi connectivity index (χ2v) is 9.73. The third-order valence-electron chi connectivity index (χ3n) is 5.02. The zero-order valence-corrected chi connectivity index (χ0v) is 19.2. The van der Waals surface area contributed by atoms with Crippen LogP contribution in [-0.4, -0.2) is 51.8 Å². The maximum atomic E-state index is 13.0. The van der Waals surface area contributed by atoms with E-state index >= 15 is 0 Å². The van der Waals surface area contributed by atoms with Gasteiger partial charge in [0.2, 0.25) is 15.9 Å². The van der Waals surface area contributed by atoms with Gasteiger partial charge in [-0.05, 0) is 56.3 Å². The van der Waals surface area contributed by atoms with Crippen LogP contribution in [0.1, 0.15) is 23.2 Å². The molecule has 0 aromatic heterocycles. The van der Waals surface area contributed by atoms with Crippen LogP contribution < -0.4 is 15.4 Å². The van der Waals surface area contributed by atoms with Crippen LogP contribution in [0, 0.1) is 0 Å². The molecular weight excluding hydrogens is 463 g/mol. The normalized spacial score (nSPS) is 16.3. The van der Waals surface area contributed by atoms with Gasteiger partial charge in [-0.3, -0.25) is 9.59 Å². The number of halogens is 2. The van der Waals surface area contributed by atoms with Crippen molar-refractivity contribution in [2.24, 2.45) is 0 Å². The van der Waals surface area contributed by atoms with Gasteiger partial charge in [0.15, 0.2) is 0 Å². The van der Waals surface area contributed by atoms with E-state index in [4.69, 9.17) is 23.2 Å². The number of nitrogens with zero attached hydrogens (tertiary/aromatic N) is 1. The van der Waals surface area contributed by atoms with Crippen LogP contribution in [0.25, 0.3) is 0 Å². The first kappa shape index (κ1) is 23.3. The highest BCUT2D eigenvalue weighted by molar-refractivity contribution is 7.89. The van der Waals surface area contributed by atoms with Crippen LogP contribution in [0.15, 0.2) is 41.3 Å². The van der Waals surface area contributed by atoms with Crippen molar-refractivity contribution in [2.45, 2.75) is 23.8 Å². The number of carbonyl (C=O) groups is 2. The van der Waals surface area contributed by atoms with Gasteiger partial charge in [-0.2, -0.15) is 0 Å². The Balaban J connectivity index is 1.85. The molecule has 1 saturated heterocycles. The van der Waals surface area contributed by atoms with Gasteiger partial charge in [-0.25, -0.2) is 13.1 Å². The lowest BCUT2D eigenvalue weighted by molar-refractivity contribution is -0.119. The van der Waals surface area contributed by atoms with Gasteiger partial charge >= 0.3 is 0 Å². The Morgan fingerprint density at radius 1 is 1.03 bits per heavy atom. The summed E-state index contributed by atoms with van der Waals surface area (Å²) in [6.07, 6.45) is 1.14. The van der Waals surface area contributed by atoms with Gasteiger partial charge in [0.1, 0.15) is 6.04 Å². The lowest BCUT2D eigenvalue weighted by Crippen LogP contribution is -2.43. The number of sulfonamides is 1. The van der Waals surface area contributed by atoms with Crippen LogP contribution in [0.4, 0.5) is 11.4 Å². The molecule has 3 rings (SSSR count). The zero-order chi connectivity index (χ0) is 22.8. The minimum Gasteiger partial charge on any atom is -0.386 e. The van der Waals surface area contributed by atoms with Crippen molar-refractivity contribution in [1.29, 1.82) is 0 Å². The van der Waals surface area contributed by atoms with E-state index in [1.807, 2.05) is 0 Å². The number of nitrogens with one attached hydrogen (secondary N) is 3. The SMILES string of the molecule is CNc1ccc(S(=O)(=O)NC)cc1NC(=O)[C@H]1CCCN1C(=O)c1cc(Cl)cc(Cl)c1. The van der Waals surface area contributed by atoms with Gasteiger partial charge in [-0.1, -0.05) is 23.2 Å². The second kappa shape index (κ2) is 9.44. The van der Waals surface area contributed by atoms with E-state index < -0.39 is 22.0 Å². The maximum Gasteiger partial charge on any atom is 0.254 e.